The van der Waals surface area contributed by atoms with Crippen molar-refractivity contribution in [2.75, 3.05) is 0 Å². The monoisotopic (exact) mass is 276 g/mol. The van der Waals surface area contributed by atoms with Crippen LogP contribution in [0.4, 0.5) is 0 Å². The van der Waals surface area contributed by atoms with Gasteiger partial charge in [-0.1, -0.05) is 20.8 Å². The minimum Gasteiger partial charge on any atom is -0.351 e. The highest BCUT2D eigenvalue weighted by Crippen LogP contribution is 2.90. The maximum atomic E-state index is 12.3. The highest BCUT2D eigenvalue weighted by molar-refractivity contribution is 5.91. The summed E-state index contributed by atoms with van der Waals surface area (Å²) in [5.74, 6) is 0.812. The Bertz CT molecular complexity index is 515. The van der Waals surface area contributed by atoms with Gasteiger partial charge >= 0.3 is 0 Å². The van der Waals surface area contributed by atoms with Crippen LogP contribution in [0, 0.1) is 22.2 Å². The van der Waals surface area contributed by atoms with Crippen molar-refractivity contribution in [3.05, 3.63) is 0 Å². The Labute approximate surface area is 120 Å². The average Bonchev–Trinajstić information content (AvgIpc) is 2.65. The maximum absolute atomic E-state index is 12.3. The molecule has 0 aromatic rings. The van der Waals surface area contributed by atoms with Crippen LogP contribution < -0.4 is 10.6 Å². The average molecular weight is 276 g/mol. The van der Waals surface area contributed by atoms with E-state index in [0.717, 1.165) is 12.3 Å². The van der Waals surface area contributed by atoms with Crippen molar-refractivity contribution in [3.8, 4) is 0 Å². The molecule has 1 spiro atoms. The lowest BCUT2D eigenvalue weighted by atomic mass is 9.54. The SMILES string of the molecule is CC1(C)C2C[C@H](NC(=O)[C@@H]3CCC(=O)N3)C3(C)CCC213. The molecule has 0 aromatic carbocycles. The van der Waals surface area contributed by atoms with E-state index >= 15 is 0 Å². The third kappa shape index (κ3) is 1.16. The first kappa shape index (κ1) is 12.7. The summed E-state index contributed by atoms with van der Waals surface area (Å²) >= 11 is 0. The molecule has 0 bridgehead atoms. The van der Waals surface area contributed by atoms with Crippen LogP contribution in [0.1, 0.15) is 52.9 Å². The first-order valence-electron chi connectivity index (χ1n) is 7.93. The molecule has 3 aliphatic carbocycles. The fraction of sp³-hybridized carbons (Fsp3) is 0.875. The number of amides is 2. The van der Waals surface area contributed by atoms with Crippen LogP contribution in [0.25, 0.3) is 0 Å². The summed E-state index contributed by atoms with van der Waals surface area (Å²) < 4.78 is 0. The number of nitrogens with one attached hydrogen (secondary N) is 2. The van der Waals surface area contributed by atoms with Gasteiger partial charge in [0.05, 0.1) is 0 Å². The number of rotatable bonds is 2. The molecule has 4 nitrogen and oxygen atoms in total. The summed E-state index contributed by atoms with van der Waals surface area (Å²) in [7, 11) is 0. The van der Waals surface area contributed by atoms with Gasteiger partial charge in [0.15, 0.2) is 0 Å². The highest BCUT2D eigenvalue weighted by Gasteiger charge is 2.86. The quantitative estimate of drug-likeness (QED) is 0.805. The Balaban J connectivity index is 1.47. The molecule has 4 rings (SSSR count). The molecule has 3 unspecified atom stereocenters. The lowest BCUT2D eigenvalue weighted by molar-refractivity contribution is -0.128. The van der Waals surface area contributed by atoms with Crippen molar-refractivity contribution >= 4 is 11.8 Å². The molecular formula is C16H24N2O2. The zero-order valence-electron chi connectivity index (χ0n) is 12.6. The number of hydrogen-bond donors (Lipinski definition) is 2. The molecule has 4 fully saturated rings. The Morgan fingerprint density at radius 3 is 2.55 bits per heavy atom. The topological polar surface area (TPSA) is 58.2 Å². The van der Waals surface area contributed by atoms with Crippen molar-refractivity contribution in [3.63, 3.8) is 0 Å². The number of carbonyl (C=O) groups is 2. The molecule has 1 aliphatic heterocycles. The summed E-state index contributed by atoms with van der Waals surface area (Å²) in [5, 5.41) is 6.02. The summed E-state index contributed by atoms with van der Waals surface area (Å²) in [6.45, 7) is 7.15. The van der Waals surface area contributed by atoms with E-state index in [1.165, 1.54) is 12.8 Å². The summed E-state index contributed by atoms with van der Waals surface area (Å²) in [5.41, 5.74) is 1.22. The second kappa shape index (κ2) is 3.40. The second-order valence-corrected chi connectivity index (χ2v) is 8.12. The van der Waals surface area contributed by atoms with E-state index in [2.05, 4.69) is 31.4 Å². The van der Waals surface area contributed by atoms with Crippen LogP contribution in [-0.4, -0.2) is 23.9 Å². The van der Waals surface area contributed by atoms with E-state index < -0.39 is 0 Å². The Kier molecular flexibility index (Phi) is 2.15. The van der Waals surface area contributed by atoms with Gasteiger partial charge in [-0.2, -0.15) is 0 Å². The van der Waals surface area contributed by atoms with Crippen LogP contribution in [-0.2, 0) is 9.59 Å². The molecular weight excluding hydrogens is 252 g/mol. The molecule has 110 valence electrons. The van der Waals surface area contributed by atoms with Crippen LogP contribution in [0.15, 0.2) is 0 Å². The molecule has 5 atom stereocenters. The fourth-order valence-electron chi connectivity index (χ4n) is 6.16. The Morgan fingerprint density at radius 1 is 1.30 bits per heavy atom. The molecule has 3 saturated carbocycles. The lowest BCUT2D eigenvalue weighted by Crippen LogP contribution is -2.57. The maximum Gasteiger partial charge on any atom is 0.242 e. The van der Waals surface area contributed by atoms with Crippen LogP contribution in [0.5, 0.6) is 0 Å². The molecule has 0 radical (unpaired) electrons. The van der Waals surface area contributed by atoms with Gasteiger partial charge in [-0.3, -0.25) is 9.59 Å². The molecule has 2 amide bonds. The van der Waals surface area contributed by atoms with Crippen molar-refractivity contribution in [2.24, 2.45) is 22.2 Å². The third-order valence-electron chi connectivity index (χ3n) is 7.46. The predicted octanol–water partition coefficient (Wildman–Crippen LogP) is 1.60. The standard InChI is InChI=1S/C16H24N2O2/c1-14(2)10-8-11(15(3)6-7-16(10,14)15)18-13(20)9-4-5-12(19)17-9/h9-11H,4-8H2,1-3H3,(H,17,19)(H,18,20)/t9-,10?,11-,15?,16?/m0/s1. The van der Waals surface area contributed by atoms with Crippen molar-refractivity contribution in [1.82, 2.24) is 10.6 Å². The van der Waals surface area contributed by atoms with E-state index in [1.807, 2.05) is 0 Å². The molecule has 1 saturated heterocycles. The number of carbonyl (C=O) groups excluding carboxylic acids is 2. The zero-order valence-corrected chi connectivity index (χ0v) is 12.6. The zero-order chi connectivity index (χ0) is 14.3. The molecule has 2 N–H and O–H groups in total. The van der Waals surface area contributed by atoms with E-state index in [1.54, 1.807) is 0 Å². The van der Waals surface area contributed by atoms with E-state index in [-0.39, 0.29) is 23.3 Å². The first-order valence-corrected chi connectivity index (χ1v) is 7.93. The molecule has 0 aromatic heterocycles. The summed E-state index contributed by atoms with van der Waals surface area (Å²) in [6, 6.07) is 0.00587. The van der Waals surface area contributed by atoms with E-state index in [0.29, 0.717) is 29.7 Å². The molecule has 20 heavy (non-hydrogen) atoms. The van der Waals surface area contributed by atoms with Crippen LogP contribution in [0.3, 0.4) is 0 Å². The first-order chi connectivity index (χ1) is 9.33. The van der Waals surface area contributed by atoms with Crippen LogP contribution in [0.2, 0.25) is 0 Å². The fourth-order valence-corrected chi connectivity index (χ4v) is 6.16. The third-order valence-corrected chi connectivity index (χ3v) is 7.46. The highest BCUT2D eigenvalue weighted by atomic mass is 16.2. The van der Waals surface area contributed by atoms with Gasteiger partial charge in [-0.15, -0.1) is 0 Å². The summed E-state index contributed by atoms with van der Waals surface area (Å²) in [6.07, 6.45) is 4.81. The van der Waals surface area contributed by atoms with Crippen molar-refractivity contribution in [1.29, 1.82) is 0 Å². The van der Waals surface area contributed by atoms with Gasteiger partial charge in [0.25, 0.3) is 0 Å². The van der Waals surface area contributed by atoms with E-state index in [4.69, 9.17) is 0 Å². The molecule has 4 heteroatoms. The van der Waals surface area contributed by atoms with Crippen LogP contribution >= 0.6 is 0 Å². The van der Waals surface area contributed by atoms with Crippen molar-refractivity contribution < 1.29 is 9.59 Å². The second-order valence-electron chi connectivity index (χ2n) is 8.12. The van der Waals surface area contributed by atoms with Gasteiger partial charge in [-0.05, 0) is 47.8 Å². The molecule has 1 heterocycles. The lowest BCUT2D eigenvalue weighted by Gasteiger charge is -2.53. The van der Waals surface area contributed by atoms with Crippen molar-refractivity contribution in [2.45, 2.75) is 65.0 Å². The van der Waals surface area contributed by atoms with Gasteiger partial charge < -0.3 is 10.6 Å². The normalized spacial score (nSPS) is 50.8. The smallest absolute Gasteiger partial charge is 0.242 e. The molecule has 4 aliphatic rings. The largest absolute Gasteiger partial charge is 0.351 e. The predicted molar refractivity (Wildman–Crippen MR) is 74.8 cm³/mol. The Hall–Kier alpha value is -1.06. The van der Waals surface area contributed by atoms with Gasteiger partial charge in [-0.25, -0.2) is 0 Å². The van der Waals surface area contributed by atoms with E-state index in [9.17, 15) is 9.59 Å². The van der Waals surface area contributed by atoms with Gasteiger partial charge in [0.2, 0.25) is 11.8 Å². The van der Waals surface area contributed by atoms with Gasteiger partial charge in [0.1, 0.15) is 6.04 Å². The Morgan fingerprint density at radius 2 is 2.05 bits per heavy atom. The van der Waals surface area contributed by atoms with Gasteiger partial charge in [0, 0.05) is 12.5 Å². The minimum absolute atomic E-state index is 0.00637. The minimum atomic E-state index is -0.299. The number of hydrogen-bond acceptors (Lipinski definition) is 2. The summed E-state index contributed by atoms with van der Waals surface area (Å²) in [4.78, 5) is 23.6.